The lowest BCUT2D eigenvalue weighted by molar-refractivity contribution is -0.365. The van der Waals surface area contributed by atoms with E-state index in [4.69, 9.17) is 33.2 Å². The first-order valence-corrected chi connectivity index (χ1v) is 22.9. The first-order chi connectivity index (χ1) is 29.2. The predicted molar refractivity (Wildman–Crippen MR) is 213 cm³/mol. The normalized spacial score (nSPS) is 55.7. The number of aliphatic hydroxyl groups is 11. The zero-order valence-electron chi connectivity index (χ0n) is 36.4. The van der Waals surface area contributed by atoms with Crippen LogP contribution in [0.5, 0.6) is 0 Å². The minimum Gasteiger partial charge on any atom is -0.394 e. The van der Waals surface area contributed by atoms with Crippen LogP contribution in [-0.4, -0.2) is 186 Å². The van der Waals surface area contributed by atoms with Gasteiger partial charge < -0.3 is 89.3 Å². The van der Waals surface area contributed by atoms with Crippen LogP contribution in [0.25, 0.3) is 0 Å². The van der Waals surface area contributed by atoms with Crippen LogP contribution in [0.2, 0.25) is 0 Å². The molecule has 62 heavy (non-hydrogen) atoms. The summed E-state index contributed by atoms with van der Waals surface area (Å²) in [6.07, 6.45) is -13.1. The summed E-state index contributed by atoms with van der Waals surface area (Å²) in [6.45, 7) is 9.35. The van der Waals surface area contributed by atoms with E-state index in [0.717, 1.165) is 31.3 Å². The second-order valence-corrected chi connectivity index (χ2v) is 20.7. The van der Waals surface area contributed by atoms with Gasteiger partial charge in [-0.15, -0.1) is 0 Å². The first-order valence-electron chi connectivity index (χ1n) is 22.9. The third-order valence-electron chi connectivity index (χ3n) is 17.1. The number of hydrogen-bond acceptors (Lipinski definition) is 18. The van der Waals surface area contributed by atoms with Crippen LogP contribution in [0.4, 0.5) is 0 Å². The minimum absolute atomic E-state index is 0.0713. The molecule has 7 fully saturated rings. The van der Waals surface area contributed by atoms with Crippen molar-refractivity contribution < 1.29 is 89.3 Å². The van der Waals surface area contributed by atoms with Gasteiger partial charge >= 0.3 is 0 Å². The van der Waals surface area contributed by atoms with Gasteiger partial charge in [-0.1, -0.05) is 39.3 Å². The van der Waals surface area contributed by atoms with E-state index in [1.54, 1.807) is 0 Å². The Morgan fingerprint density at radius 1 is 0.823 bits per heavy atom. The summed E-state index contributed by atoms with van der Waals surface area (Å²) >= 11 is 0. The highest BCUT2D eigenvalue weighted by Crippen LogP contribution is 2.70. The van der Waals surface area contributed by atoms with Crippen molar-refractivity contribution in [2.24, 2.45) is 46.3 Å². The molecule has 4 saturated heterocycles. The van der Waals surface area contributed by atoms with E-state index in [1.807, 2.05) is 6.92 Å². The van der Waals surface area contributed by atoms with E-state index in [0.29, 0.717) is 37.5 Å². The summed E-state index contributed by atoms with van der Waals surface area (Å²) in [5, 5.41) is 117. The van der Waals surface area contributed by atoms with Gasteiger partial charge in [0.05, 0.1) is 44.2 Å². The Bertz CT molecular complexity index is 1590. The predicted octanol–water partition coefficient (Wildman–Crippen LogP) is -1.22. The molecule has 0 spiro atoms. The summed E-state index contributed by atoms with van der Waals surface area (Å²) in [7, 11) is 0. The maximum atomic E-state index is 12.2. The maximum Gasteiger partial charge on any atom is 0.187 e. The van der Waals surface area contributed by atoms with Crippen molar-refractivity contribution >= 4 is 0 Å². The highest BCUT2D eigenvalue weighted by molar-refractivity contribution is 5.28. The van der Waals surface area contributed by atoms with Gasteiger partial charge in [-0.05, 0) is 80.5 Å². The van der Waals surface area contributed by atoms with E-state index in [2.05, 4.69) is 26.8 Å². The van der Waals surface area contributed by atoms with Gasteiger partial charge in [0.25, 0.3) is 0 Å². The third kappa shape index (κ3) is 8.06. The molecule has 0 unspecified atom stereocenters. The fourth-order valence-electron chi connectivity index (χ4n) is 13.3. The second kappa shape index (κ2) is 17.9. The Hall–Kier alpha value is -0.980. The average Bonchev–Trinajstić information content (AvgIpc) is 3.67. The number of allylic oxidation sites excluding steroid dienone is 1. The van der Waals surface area contributed by atoms with Crippen molar-refractivity contribution in [1.82, 2.24) is 0 Å². The molecule has 0 aromatic heterocycles. The van der Waals surface area contributed by atoms with Crippen molar-refractivity contribution in [3.63, 3.8) is 0 Å². The number of hydrogen-bond donors (Lipinski definition) is 11. The molecule has 18 nitrogen and oxygen atoms in total. The zero-order valence-corrected chi connectivity index (χ0v) is 36.4. The molecule has 26 atom stereocenters. The lowest BCUT2D eigenvalue weighted by Gasteiger charge is -2.60. The van der Waals surface area contributed by atoms with Crippen molar-refractivity contribution in [1.29, 1.82) is 0 Å². The summed E-state index contributed by atoms with van der Waals surface area (Å²) < 4.78 is 42.2. The molecular weight excluding hydrogens is 816 g/mol. The van der Waals surface area contributed by atoms with E-state index >= 15 is 0 Å². The summed E-state index contributed by atoms with van der Waals surface area (Å²) in [4.78, 5) is 0. The Balaban J connectivity index is 0.899. The largest absolute Gasteiger partial charge is 0.394 e. The smallest absolute Gasteiger partial charge is 0.187 e. The molecule has 4 aliphatic carbocycles. The molecule has 0 bridgehead atoms. The molecule has 0 radical (unpaired) electrons. The quantitative estimate of drug-likeness (QED) is 0.108. The topological polar surface area (TPSA) is 287 Å². The van der Waals surface area contributed by atoms with Gasteiger partial charge in [-0.3, -0.25) is 0 Å². The van der Waals surface area contributed by atoms with E-state index < -0.39 is 116 Å². The second-order valence-electron chi connectivity index (χ2n) is 20.7. The SMILES string of the molecule is C[C@H](CC[C@]1(O)O[C@H]2C[C@H]3[C@@H]4CC=C5C[C@@H](O)C[C@@H](O[C@@H]6OC[C@@H](O)[C@H](O)[C@H]6O)[C@]5(C)[C@H]4CC[C@]3(C)[C@H]2[C@@H]1C)CO[C@@H]1O[C@H](CO)[C@H](O)[C@H](O)[C@H]1O[C@H]1O[C@H](C)[C@@H](O)[C@H](O)[C@@H]1O. The molecule has 3 saturated carbocycles. The summed E-state index contributed by atoms with van der Waals surface area (Å²) in [5.41, 5.74) is 0.598. The van der Waals surface area contributed by atoms with Crippen LogP contribution < -0.4 is 0 Å². The zero-order chi connectivity index (χ0) is 44.8. The van der Waals surface area contributed by atoms with Crippen molar-refractivity contribution in [3.05, 3.63) is 11.6 Å². The first kappa shape index (κ1) is 47.5. The van der Waals surface area contributed by atoms with Crippen LogP contribution in [0.3, 0.4) is 0 Å². The molecule has 11 N–H and O–H groups in total. The highest BCUT2D eigenvalue weighted by atomic mass is 16.8. The number of ether oxygens (including phenoxy) is 7. The van der Waals surface area contributed by atoms with Crippen molar-refractivity contribution in [3.8, 4) is 0 Å². The van der Waals surface area contributed by atoms with Crippen molar-refractivity contribution in [2.75, 3.05) is 19.8 Å². The van der Waals surface area contributed by atoms with Crippen LogP contribution in [0, 0.1) is 46.3 Å². The number of fused-ring (bicyclic) bond motifs is 7. The molecule has 0 aromatic carbocycles. The molecule has 0 amide bonds. The molecule has 18 heteroatoms. The van der Waals surface area contributed by atoms with Gasteiger partial charge in [0.15, 0.2) is 24.7 Å². The van der Waals surface area contributed by atoms with Gasteiger partial charge in [0, 0.05) is 24.2 Å². The van der Waals surface area contributed by atoms with Gasteiger partial charge in [0.1, 0.15) is 61.0 Å². The van der Waals surface area contributed by atoms with Gasteiger partial charge in [-0.25, -0.2) is 0 Å². The standard InChI is InChI=1S/C44H72O18/c1-18(16-56-41-38(35(52)33(50)28(15-45)59-41)61-40-37(54)34(51)31(48)20(3)58-40)8-11-44(55)19(2)30-27(62-44)14-25-23-7-6-21-12-22(46)13-29(43(21,5)24(23)9-10-42(25,30)4)60-39-36(53)32(49)26(47)17-57-39/h6,18-20,22-41,45-55H,7-17H2,1-5H3/t18-,19+,20-,22-,23-,24+,25+,26-,27+,28-,29-,30+,31-,32+,33+,34+,35+,36-,37+,38-,39+,40-,41-,42+,43+,44+/m1/s1. The fourth-order valence-corrected chi connectivity index (χ4v) is 13.3. The number of aliphatic hydroxyl groups excluding tert-OH is 10. The minimum atomic E-state index is -1.68. The van der Waals surface area contributed by atoms with Crippen LogP contribution >= 0.6 is 0 Å². The molecule has 0 aromatic rings. The van der Waals surface area contributed by atoms with Crippen LogP contribution in [-0.2, 0) is 33.2 Å². The molecular formula is C44H72O18. The van der Waals surface area contributed by atoms with Crippen LogP contribution in [0.15, 0.2) is 11.6 Å². The third-order valence-corrected chi connectivity index (χ3v) is 17.1. The Morgan fingerprint density at radius 2 is 1.55 bits per heavy atom. The highest BCUT2D eigenvalue weighted by Gasteiger charge is 2.69. The number of rotatable bonds is 11. The average molecular weight is 889 g/mol. The van der Waals surface area contributed by atoms with E-state index in [1.165, 1.54) is 6.92 Å². The summed E-state index contributed by atoms with van der Waals surface area (Å²) in [6, 6.07) is 0. The van der Waals surface area contributed by atoms with Gasteiger partial charge in [0.2, 0.25) is 0 Å². The van der Waals surface area contributed by atoms with Crippen molar-refractivity contribution in [2.45, 2.75) is 196 Å². The van der Waals surface area contributed by atoms with E-state index in [9.17, 15) is 56.2 Å². The van der Waals surface area contributed by atoms with Gasteiger partial charge in [-0.2, -0.15) is 0 Å². The lowest BCUT2D eigenvalue weighted by Crippen LogP contribution is -2.64. The molecule has 8 aliphatic rings. The molecule has 4 aliphatic heterocycles. The molecule has 4 heterocycles. The fraction of sp³-hybridized carbons (Fsp3) is 0.955. The lowest BCUT2D eigenvalue weighted by atomic mass is 9.46. The van der Waals surface area contributed by atoms with Crippen LogP contribution in [0.1, 0.15) is 86.0 Å². The Labute approximate surface area is 362 Å². The molecule has 356 valence electrons. The Kier molecular flexibility index (Phi) is 13.7. The molecule has 8 rings (SSSR count). The van der Waals surface area contributed by atoms with E-state index in [-0.39, 0.29) is 48.4 Å². The maximum absolute atomic E-state index is 12.2. The Morgan fingerprint density at radius 3 is 2.27 bits per heavy atom. The monoisotopic (exact) mass is 888 g/mol. The summed E-state index contributed by atoms with van der Waals surface area (Å²) in [5.74, 6) is -0.781.